The Morgan fingerprint density at radius 3 is 1.55 bits per heavy atom. The molecule has 2 N–H and O–H groups in total. The Labute approximate surface area is 184 Å². The fourth-order valence-electron chi connectivity index (χ4n) is 3.09. The normalized spacial score (nSPS) is 12.7. The second kappa shape index (κ2) is 9.07. The Bertz CT molecular complexity index is 1070. The molecule has 1 amide bonds. The van der Waals surface area contributed by atoms with Gasteiger partial charge in [0.15, 0.2) is 5.60 Å². The predicted octanol–water partition coefficient (Wildman–Crippen LogP) is 5.11. The lowest BCUT2D eigenvalue weighted by Crippen LogP contribution is -2.43. The van der Waals surface area contributed by atoms with Crippen molar-refractivity contribution in [3.63, 3.8) is 0 Å². The predicted molar refractivity (Wildman–Crippen MR) is 108 cm³/mol. The van der Waals surface area contributed by atoms with Gasteiger partial charge in [0, 0.05) is 0 Å². The minimum Gasteiger partial charge on any atom is -0.372 e. The van der Waals surface area contributed by atoms with Crippen LogP contribution in [0, 0.1) is 0 Å². The topological polar surface area (TPSA) is 61.7 Å². The zero-order valence-electron chi connectivity index (χ0n) is 16.7. The number of nitrogens with one attached hydrogen (secondary N) is 1. The average molecular weight is 466 g/mol. The quantitative estimate of drug-likeness (QED) is 0.312. The van der Waals surface area contributed by atoms with E-state index in [2.05, 4.69) is 5.10 Å². The smallest absolute Gasteiger partial charge is 0.372 e. The Balaban J connectivity index is 1.93. The molecule has 0 fully saturated rings. The number of hydrogen-bond donors (Lipinski definition) is 2. The monoisotopic (exact) mass is 466 g/mol. The third-order valence-corrected chi connectivity index (χ3v) is 4.70. The summed E-state index contributed by atoms with van der Waals surface area (Å²) in [4.78, 5) is 12.9. The van der Waals surface area contributed by atoms with Gasteiger partial charge in [0.1, 0.15) is 0 Å². The number of carbonyl (C=O) groups is 1. The first kappa shape index (κ1) is 24.0. The van der Waals surface area contributed by atoms with Crippen molar-refractivity contribution in [3.05, 3.63) is 107 Å². The molecule has 0 unspecified atom stereocenters. The Hall–Kier alpha value is -3.66. The first-order valence-corrected chi connectivity index (χ1v) is 9.39. The lowest BCUT2D eigenvalue weighted by Gasteiger charge is -2.27. The molecule has 4 nitrogen and oxygen atoms in total. The highest BCUT2D eigenvalue weighted by atomic mass is 19.4. The summed E-state index contributed by atoms with van der Waals surface area (Å²) in [6, 6.07) is 16.5. The number of halogens is 6. The second-order valence-corrected chi connectivity index (χ2v) is 6.98. The summed E-state index contributed by atoms with van der Waals surface area (Å²) in [7, 11) is 0. The zero-order valence-corrected chi connectivity index (χ0v) is 16.7. The fraction of sp³-hybridized carbons (Fsp3) is 0.130. The first-order valence-electron chi connectivity index (χ1n) is 9.39. The second-order valence-electron chi connectivity index (χ2n) is 6.98. The van der Waals surface area contributed by atoms with E-state index in [0.717, 1.165) is 0 Å². The van der Waals surface area contributed by atoms with Crippen LogP contribution in [-0.2, 0) is 22.7 Å². The van der Waals surface area contributed by atoms with Crippen molar-refractivity contribution in [2.24, 2.45) is 5.10 Å². The Kier molecular flexibility index (Phi) is 6.59. The summed E-state index contributed by atoms with van der Waals surface area (Å²) < 4.78 is 78.0. The van der Waals surface area contributed by atoms with Crippen LogP contribution in [0.2, 0.25) is 0 Å². The molecule has 3 aromatic rings. The van der Waals surface area contributed by atoms with Crippen molar-refractivity contribution in [1.29, 1.82) is 0 Å². The summed E-state index contributed by atoms with van der Waals surface area (Å²) in [6.45, 7) is 0. The minimum atomic E-state index is -5.02. The maximum atomic E-state index is 13.0. The highest BCUT2D eigenvalue weighted by Gasteiger charge is 2.40. The van der Waals surface area contributed by atoms with Crippen LogP contribution in [0.25, 0.3) is 0 Å². The number of hydrogen-bond acceptors (Lipinski definition) is 3. The first-order chi connectivity index (χ1) is 15.4. The third-order valence-electron chi connectivity index (χ3n) is 4.70. The van der Waals surface area contributed by atoms with E-state index in [1.807, 2.05) is 5.43 Å². The number of benzene rings is 3. The molecular weight excluding hydrogens is 450 g/mol. The summed E-state index contributed by atoms with van der Waals surface area (Å²) in [5.41, 5.74) is -3.43. The van der Waals surface area contributed by atoms with E-state index >= 15 is 0 Å². The molecule has 0 saturated carbocycles. The molecule has 0 aliphatic carbocycles. The molecule has 33 heavy (non-hydrogen) atoms. The number of alkyl halides is 6. The number of hydrazone groups is 1. The van der Waals surface area contributed by atoms with Crippen LogP contribution >= 0.6 is 0 Å². The van der Waals surface area contributed by atoms with E-state index in [1.165, 1.54) is 24.3 Å². The summed E-state index contributed by atoms with van der Waals surface area (Å²) in [6.07, 6.45) is -9.40. The molecule has 10 heteroatoms. The molecule has 0 aliphatic rings. The van der Waals surface area contributed by atoms with Crippen molar-refractivity contribution in [3.8, 4) is 0 Å². The van der Waals surface area contributed by atoms with E-state index in [4.69, 9.17) is 0 Å². The van der Waals surface area contributed by atoms with Gasteiger partial charge in [-0.15, -0.1) is 0 Å². The van der Waals surface area contributed by atoms with E-state index < -0.39 is 40.6 Å². The van der Waals surface area contributed by atoms with Gasteiger partial charge in [-0.3, -0.25) is 4.79 Å². The molecular formula is C23H16F6N2O2. The van der Waals surface area contributed by atoms with Crippen LogP contribution in [0.3, 0.4) is 0 Å². The van der Waals surface area contributed by atoms with Crippen molar-refractivity contribution < 1.29 is 36.2 Å². The molecule has 0 aromatic heterocycles. The van der Waals surface area contributed by atoms with Crippen molar-refractivity contribution >= 4 is 12.1 Å². The Morgan fingerprint density at radius 2 is 1.15 bits per heavy atom. The van der Waals surface area contributed by atoms with Crippen LogP contribution in [0.5, 0.6) is 0 Å². The van der Waals surface area contributed by atoms with Crippen LogP contribution in [0.4, 0.5) is 26.3 Å². The SMILES string of the molecule is O=C(NN=Cc1cc(C(F)(F)F)cc(C(F)(F)F)c1)C(O)(c1ccccc1)c1ccccc1. The van der Waals surface area contributed by atoms with Crippen LogP contribution < -0.4 is 5.43 Å². The van der Waals surface area contributed by atoms with Gasteiger partial charge in [-0.25, -0.2) is 5.43 Å². The zero-order chi connectivity index (χ0) is 24.3. The molecule has 0 spiro atoms. The van der Waals surface area contributed by atoms with E-state index in [1.54, 1.807) is 36.4 Å². The summed E-state index contributed by atoms with van der Waals surface area (Å²) >= 11 is 0. The molecule has 0 atom stereocenters. The molecule has 3 rings (SSSR count). The average Bonchev–Trinajstić information content (AvgIpc) is 2.78. The van der Waals surface area contributed by atoms with E-state index in [-0.39, 0.29) is 17.2 Å². The van der Waals surface area contributed by atoms with E-state index in [0.29, 0.717) is 18.3 Å². The van der Waals surface area contributed by atoms with Gasteiger partial charge in [-0.1, -0.05) is 60.7 Å². The molecule has 0 bridgehead atoms. The molecule has 3 aromatic carbocycles. The van der Waals surface area contributed by atoms with Gasteiger partial charge in [0.25, 0.3) is 5.91 Å². The van der Waals surface area contributed by atoms with Crippen molar-refractivity contribution in [2.75, 3.05) is 0 Å². The lowest BCUT2D eigenvalue weighted by molar-refractivity contribution is -0.143. The van der Waals surface area contributed by atoms with Gasteiger partial charge in [0.05, 0.1) is 17.3 Å². The lowest BCUT2D eigenvalue weighted by atomic mass is 9.85. The van der Waals surface area contributed by atoms with Gasteiger partial charge in [-0.05, 0) is 34.9 Å². The van der Waals surface area contributed by atoms with Crippen molar-refractivity contribution in [2.45, 2.75) is 18.0 Å². The summed E-state index contributed by atoms with van der Waals surface area (Å²) in [5, 5.41) is 14.7. The maximum Gasteiger partial charge on any atom is 0.416 e. The van der Waals surface area contributed by atoms with Crippen LogP contribution in [0.1, 0.15) is 27.8 Å². The molecule has 0 heterocycles. The summed E-state index contributed by atoms with van der Waals surface area (Å²) in [5.74, 6) is -1.06. The fourth-order valence-corrected chi connectivity index (χ4v) is 3.09. The van der Waals surface area contributed by atoms with Crippen LogP contribution in [-0.4, -0.2) is 17.2 Å². The number of rotatable bonds is 5. The molecule has 172 valence electrons. The van der Waals surface area contributed by atoms with E-state index in [9.17, 15) is 36.2 Å². The third kappa shape index (κ3) is 5.40. The molecule has 0 radical (unpaired) electrons. The highest BCUT2D eigenvalue weighted by molar-refractivity contribution is 5.91. The number of amides is 1. The van der Waals surface area contributed by atoms with Gasteiger partial charge in [-0.2, -0.15) is 31.4 Å². The standard InChI is InChI=1S/C23H16F6N2O2/c24-22(25,26)18-11-15(12-19(13-18)23(27,28)29)14-30-31-20(32)21(33,16-7-3-1-4-8-16)17-9-5-2-6-10-17/h1-14,33H,(H,31,32). The van der Waals surface area contributed by atoms with Gasteiger partial charge in [0.2, 0.25) is 0 Å². The van der Waals surface area contributed by atoms with Crippen LogP contribution in [0.15, 0.2) is 84.0 Å². The van der Waals surface area contributed by atoms with Crippen molar-refractivity contribution in [1.82, 2.24) is 5.43 Å². The number of nitrogens with zero attached hydrogens (tertiary/aromatic N) is 1. The number of carbonyl (C=O) groups excluding carboxylic acids is 1. The maximum absolute atomic E-state index is 13.0. The molecule has 0 aliphatic heterocycles. The highest BCUT2D eigenvalue weighted by Crippen LogP contribution is 2.36. The largest absolute Gasteiger partial charge is 0.416 e. The van der Waals surface area contributed by atoms with Gasteiger partial charge < -0.3 is 5.11 Å². The molecule has 0 saturated heterocycles. The number of aliphatic hydroxyl groups is 1. The minimum absolute atomic E-state index is 0.0144. The Morgan fingerprint density at radius 1 is 0.727 bits per heavy atom. The van der Waals surface area contributed by atoms with Gasteiger partial charge >= 0.3 is 12.4 Å².